The van der Waals surface area contributed by atoms with Gasteiger partial charge in [0.1, 0.15) is 6.10 Å². The number of amides is 1. The first-order valence-corrected chi connectivity index (χ1v) is 8.99. The summed E-state index contributed by atoms with van der Waals surface area (Å²) in [5.74, 6) is 1.83. The van der Waals surface area contributed by atoms with Gasteiger partial charge >= 0.3 is 0 Å². The average molecular weight is 360 g/mol. The number of fused-ring (bicyclic) bond motifs is 1. The summed E-state index contributed by atoms with van der Waals surface area (Å²) in [6, 6.07) is 1.88. The third-order valence-corrected chi connectivity index (χ3v) is 4.88. The molecule has 1 N–H and O–H groups in total. The van der Waals surface area contributed by atoms with Crippen LogP contribution in [0.3, 0.4) is 0 Å². The zero-order valence-electron chi connectivity index (χ0n) is 15.1. The van der Waals surface area contributed by atoms with Crippen LogP contribution in [0, 0.1) is 0 Å². The molecular formula is C17H24N6O3. The minimum absolute atomic E-state index is 0.0416. The van der Waals surface area contributed by atoms with Crippen molar-refractivity contribution in [1.82, 2.24) is 29.7 Å². The molecule has 0 aromatic carbocycles. The van der Waals surface area contributed by atoms with Crippen LogP contribution in [0.1, 0.15) is 54.4 Å². The van der Waals surface area contributed by atoms with E-state index < -0.39 is 6.10 Å². The Morgan fingerprint density at radius 3 is 2.96 bits per heavy atom. The molecule has 2 aromatic rings. The van der Waals surface area contributed by atoms with Crippen LogP contribution in [0.5, 0.6) is 0 Å². The van der Waals surface area contributed by atoms with Crippen LogP contribution >= 0.6 is 0 Å². The fourth-order valence-corrected chi connectivity index (χ4v) is 3.12. The molecule has 1 aliphatic carbocycles. The van der Waals surface area contributed by atoms with Gasteiger partial charge in [-0.3, -0.25) is 14.4 Å². The van der Waals surface area contributed by atoms with Gasteiger partial charge in [0.25, 0.3) is 0 Å². The van der Waals surface area contributed by atoms with Gasteiger partial charge in [-0.15, -0.1) is 0 Å². The molecule has 9 nitrogen and oxygen atoms in total. The van der Waals surface area contributed by atoms with Crippen LogP contribution < -0.4 is 0 Å². The van der Waals surface area contributed by atoms with Crippen LogP contribution in [-0.2, 0) is 24.4 Å². The minimum Gasteiger partial charge on any atom is -0.386 e. The van der Waals surface area contributed by atoms with Crippen molar-refractivity contribution in [3.63, 3.8) is 0 Å². The molecule has 1 amide bonds. The van der Waals surface area contributed by atoms with Gasteiger partial charge in [0, 0.05) is 33.1 Å². The van der Waals surface area contributed by atoms with E-state index in [4.69, 9.17) is 4.52 Å². The lowest BCUT2D eigenvalue weighted by molar-refractivity contribution is -0.130. The molecule has 1 atom stereocenters. The minimum atomic E-state index is -0.880. The first-order chi connectivity index (χ1) is 12.5. The third-order valence-electron chi connectivity index (χ3n) is 4.88. The highest BCUT2D eigenvalue weighted by Crippen LogP contribution is 2.38. The quantitative estimate of drug-likeness (QED) is 0.808. The number of aromatic nitrogens is 4. The Kier molecular flexibility index (Phi) is 4.49. The van der Waals surface area contributed by atoms with E-state index in [0.717, 1.165) is 43.3 Å². The van der Waals surface area contributed by atoms with E-state index in [0.29, 0.717) is 24.7 Å². The van der Waals surface area contributed by atoms with Gasteiger partial charge < -0.3 is 14.5 Å². The lowest BCUT2D eigenvalue weighted by Crippen LogP contribution is -2.33. The van der Waals surface area contributed by atoms with E-state index in [1.165, 1.54) is 4.90 Å². The number of aliphatic hydroxyl groups excluding tert-OH is 1. The molecule has 2 aromatic heterocycles. The molecule has 9 heteroatoms. The number of aliphatic hydroxyl groups is 1. The second kappa shape index (κ2) is 6.81. The normalized spacial score (nSPS) is 18.6. The van der Waals surface area contributed by atoms with E-state index in [1.807, 2.05) is 10.7 Å². The molecule has 140 valence electrons. The maximum Gasteiger partial charge on any atom is 0.229 e. The fourth-order valence-electron chi connectivity index (χ4n) is 3.12. The fraction of sp³-hybridized carbons (Fsp3) is 0.647. The molecule has 1 fully saturated rings. The molecule has 2 aliphatic rings. The van der Waals surface area contributed by atoms with Gasteiger partial charge in [-0.2, -0.15) is 10.1 Å². The molecule has 0 unspecified atom stereocenters. The van der Waals surface area contributed by atoms with E-state index in [2.05, 4.69) is 20.1 Å². The first kappa shape index (κ1) is 17.2. The van der Waals surface area contributed by atoms with Crippen molar-refractivity contribution < 1.29 is 14.4 Å². The Morgan fingerprint density at radius 2 is 2.23 bits per heavy atom. The molecule has 26 heavy (non-hydrogen) atoms. The van der Waals surface area contributed by atoms with E-state index in [1.54, 1.807) is 14.1 Å². The van der Waals surface area contributed by atoms with Gasteiger partial charge in [-0.1, -0.05) is 5.16 Å². The van der Waals surface area contributed by atoms with Crippen molar-refractivity contribution in [2.24, 2.45) is 0 Å². The molecule has 0 spiro atoms. The van der Waals surface area contributed by atoms with E-state index >= 15 is 0 Å². The number of rotatable bonds is 6. The number of carbonyl (C=O) groups is 1. The highest BCUT2D eigenvalue weighted by Gasteiger charge is 2.30. The SMILES string of the molecule is CN(C)C(=O)C[C@@H](O)c1cc2n(n1)CCN(Cc1noc(C3CC3)n1)C2. The summed E-state index contributed by atoms with van der Waals surface area (Å²) in [5.41, 5.74) is 1.57. The Hall–Kier alpha value is -2.26. The van der Waals surface area contributed by atoms with Crippen LogP contribution in [0.2, 0.25) is 0 Å². The van der Waals surface area contributed by atoms with Crippen LogP contribution in [-0.4, -0.2) is 61.4 Å². The summed E-state index contributed by atoms with van der Waals surface area (Å²) in [4.78, 5) is 20.0. The smallest absolute Gasteiger partial charge is 0.229 e. The maximum absolute atomic E-state index is 11.8. The van der Waals surface area contributed by atoms with Gasteiger partial charge in [0.2, 0.25) is 11.8 Å². The Labute approximate surface area is 151 Å². The van der Waals surface area contributed by atoms with Crippen molar-refractivity contribution in [3.05, 3.63) is 29.2 Å². The average Bonchev–Trinajstić information content (AvgIpc) is 3.20. The second-order valence-corrected chi connectivity index (χ2v) is 7.33. The largest absolute Gasteiger partial charge is 0.386 e. The van der Waals surface area contributed by atoms with Gasteiger partial charge in [0.15, 0.2) is 5.82 Å². The molecule has 0 saturated heterocycles. The lowest BCUT2D eigenvalue weighted by atomic mass is 10.1. The third kappa shape index (κ3) is 3.63. The van der Waals surface area contributed by atoms with Crippen LogP contribution in [0.25, 0.3) is 0 Å². The Bertz CT molecular complexity index is 794. The first-order valence-electron chi connectivity index (χ1n) is 8.99. The molecule has 0 bridgehead atoms. The van der Waals surface area contributed by atoms with Crippen molar-refractivity contribution in [2.45, 2.75) is 50.9 Å². The highest BCUT2D eigenvalue weighted by atomic mass is 16.5. The number of hydrogen-bond acceptors (Lipinski definition) is 7. The summed E-state index contributed by atoms with van der Waals surface area (Å²) in [6.07, 6.45) is 1.45. The summed E-state index contributed by atoms with van der Waals surface area (Å²) < 4.78 is 7.22. The number of nitrogens with zero attached hydrogens (tertiary/aromatic N) is 6. The zero-order chi connectivity index (χ0) is 18.3. The highest BCUT2D eigenvalue weighted by molar-refractivity contribution is 5.76. The van der Waals surface area contributed by atoms with Gasteiger partial charge in [-0.25, -0.2) is 0 Å². The van der Waals surface area contributed by atoms with Crippen LogP contribution in [0.4, 0.5) is 0 Å². The van der Waals surface area contributed by atoms with Crippen molar-refractivity contribution in [1.29, 1.82) is 0 Å². The standard InChI is InChI=1S/C17H24N6O3/c1-21(2)16(25)8-14(24)13-7-12-9-22(5-6-23(12)19-13)10-15-18-17(26-20-15)11-3-4-11/h7,11,14,24H,3-6,8-10H2,1-2H3/t14-/m1/s1. The van der Waals surface area contributed by atoms with Gasteiger partial charge in [-0.05, 0) is 18.9 Å². The van der Waals surface area contributed by atoms with E-state index in [9.17, 15) is 9.90 Å². The summed E-state index contributed by atoms with van der Waals surface area (Å²) in [7, 11) is 3.36. The van der Waals surface area contributed by atoms with Crippen LogP contribution in [0.15, 0.2) is 10.6 Å². The predicted octanol–water partition coefficient (Wildman–Crippen LogP) is 0.671. The topological polar surface area (TPSA) is 101 Å². The predicted molar refractivity (Wildman–Crippen MR) is 90.9 cm³/mol. The summed E-state index contributed by atoms with van der Waals surface area (Å²) in [6.45, 7) is 2.90. The van der Waals surface area contributed by atoms with E-state index in [-0.39, 0.29) is 12.3 Å². The summed E-state index contributed by atoms with van der Waals surface area (Å²) >= 11 is 0. The molecule has 0 radical (unpaired) electrons. The van der Waals surface area contributed by atoms with Crippen molar-refractivity contribution >= 4 is 5.91 Å². The monoisotopic (exact) mass is 360 g/mol. The number of hydrogen-bond donors (Lipinski definition) is 1. The summed E-state index contributed by atoms with van der Waals surface area (Å²) in [5, 5.41) is 18.8. The maximum atomic E-state index is 11.8. The molecular weight excluding hydrogens is 336 g/mol. The molecule has 3 heterocycles. The lowest BCUT2D eigenvalue weighted by Gasteiger charge is -2.26. The van der Waals surface area contributed by atoms with Gasteiger partial charge in [0.05, 0.1) is 30.9 Å². The Morgan fingerprint density at radius 1 is 1.42 bits per heavy atom. The Balaban J connectivity index is 1.38. The number of carbonyl (C=O) groups excluding carboxylic acids is 1. The molecule has 4 rings (SSSR count). The molecule has 1 aliphatic heterocycles. The van der Waals surface area contributed by atoms with Crippen molar-refractivity contribution in [3.8, 4) is 0 Å². The molecule has 1 saturated carbocycles. The van der Waals surface area contributed by atoms with Crippen molar-refractivity contribution in [2.75, 3.05) is 20.6 Å². The zero-order valence-corrected chi connectivity index (χ0v) is 15.1. The second-order valence-electron chi connectivity index (χ2n) is 7.33.